The van der Waals surface area contributed by atoms with Gasteiger partial charge >= 0.3 is 5.97 Å². The summed E-state index contributed by atoms with van der Waals surface area (Å²) in [4.78, 5) is 32.0. The van der Waals surface area contributed by atoms with Gasteiger partial charge in [0.1, 0.15) is 5.82 Å². The summed E-state index contributed by atoms with van der Waals surface area (Å²) in [5, 5.41) is 16.0. The van der Waals surface area contributed by atoms with E-state index in [2.05, 4.69) is 39.8 Å². The molecule has 2 aliphatic heterocycles. The van der Waals surface area contributed by atoms with Crippen LogP contribution in [-0.4, -0.2) is 53.0 Å². The zero-order chi connectivity index (χ0) is 24.9. The molecule has 1 fully saturated rings. The van der Waals surface area contributed by atoms with E-state index in [1.54, 1.807) is 0 Å². The van der Waals surface area contributed by atoms with Gasteiger partial charge in [0.2, 0.25) is 5.91 Å². The van der Waals surface area contributed by atoms with Gasteiger partial charge in [-0.2, -0.15) is 0 Å². The van der Waals surface area contributed by atoms with Crippen molar-refractivity contribution in [1.82, 2.24) is 15.2 Å². The number of nitrogens with one attached hydrogen (secondary N) is 2. The van der Waals surface area contributed by atoms with E-state index in [1.807, 2.05) is 6.07 Å². The molecule has 3 aliphatic rings. The molecule has 1 unspecified atom stereocenters. The van der Waals surface area contributed by atoms with Crippen molar-refractivity contribution in [2.24, 2.45) is 5.92 Å². The van der Waals surface area contributed by atoms with Crippen LogP contribution < -0.4 is 10.6 Å². The average molecular weight is 527 g/mol. The number of aryl methyl sites for hydroxylation is 4. The molecule has 5 rings (SSSR count). The average Bonchev–Trinajstić information content (AvgIpc) is 3.36. The quantitative estimate of drug-likeness (QED) is 0.450. The summed E-state index contributed by atoms with van der Waals surface area (Å²) in [6.07, 6.45) is 9.23. The van der Waals surface area contributed by atoms with Crippen molar-refractivity contribution in [2.75, 3.05) is 31.5 Å². The van der Waals surface area contributed by atoms with E-state index in [0.29, 0.717) is 0 Å². The second-order valence-electron chi connectivity index (χ2n) is 10.6. The molecule has 0 saturated carbocycles. The van der Waals surface area contributed by atoms with Crippen LogP contribution in [0.15, 0.2) is 30.3 Å². The van der Waals surface area contributed by atoms with Crippen molar-refractivity contribution >= 4 is 30.1 Å². The Bertz CT molecular complexity index is 1110. The molecule has 1 saturated heterocycles. The fourth-order valence-corrected chi connectivity index (χ4v) is 5.99. The van der Waals surface area contributed by atoms with E-state index in [0.717, 1.165) is 94.6 Å². The molecular formula is C29H39ClN4O3. The number of likely N-dealkylation sites (tertiary alicyclic amines) is 1. The molecule has 1 aliphatic carbocycles. The maximum atomic E-state index is 13.2. The van der Waals surface area contributed by atoms with Crippen LogP contribution in [0.1, 0.15) is 72.5 Å². The number of rotatable bonds is 9. The Morgan fingerprint density at radius 2 is 1.89 bits per heavy atom. The second kappa shape index (κ2) is 12.7. The summed E-state index contributed by atoms with van der Waals surface area (Å²) < 4.78 is 0. The van der Waals surface area contributed by atoms with Gasteiger partial charge in [-0.25, -0.2) is 4.98 Å². The molecule has 37 heavy (non-hydrogen) atoms. The number of amides is 1. The monoisotopic (exact) mass is 526 g/mol. The lowest BCUT2D eigenvalue weighted by Gasteiger charge is -2.33. The fraction of sp³-hybridized carbons (Fsp3) is 0.552. The van der Waals surface area contributed by atoms with Gasteiger partial charge < -0.3 is 20.6 Å². The summed E-state index contributed by atoms with van der Waals surface area (Å²) in [6.45, 7) is 3.68. The number of benzene rings is 1. The minimum atomic E-state index is -0.892. The van der Waals surface area contributed by atoms with Crippen molar-refractivity contribution in [1.29, 1.82) is 0 Å². The minimum absolute atomic E-state index is 0. The van der Waals surface area contributed by atoms with Gasteiger partial charge in [-0.3, -0.25) is 9.59 Å². The molecule has 200 valence electrons. The molecular weight excluding hydrogens is 488 g/mol. The normalized spacial score (nSPS) is 19.6. The second-order valence-corrected chi connectivity index (χ2v) is 10.6. The number of carbonyl (C=O) groups is 2. The molecule has 2 aromatic rings. The number of anilines is 1. The Morgan fingerprint density at radius 3 is 2.76 bits per heavy atom. The van der Waals surface area contributed by atoms with Gasteiger partial charge in [0.15, 0.2) is 0 Å². The van der Waals surface area contributed by atoms with E-state index in [-0.39, 0.29) is 30.7 Å². The zero-order valence-corrected chi connectivity index (χ0v) is 22.3. The maximum absolute atomic E-state index is 13.2. The summed E-state index contributed by atoms with van der Waals surface area (Å²) in [6, 6.07) is 10.1. The molecule has 3 N–H and O–H groups in total. The predicted molar refractivity (Wildman–Crippen MR) is 147 cm³/mol. The Morgan fingerprint density at radius 1 is 1.08 bits per heavy atom. The van der Waals surface area contributed by atoms with Gasteiger partial charge in [-0.15, -0.1) is 12.4 Å². The first-order valence-electron chi connectivity index (χ1n) is 13.6. The van der Waals surface area contributed by atoms with Crippen molar-refractivity contribution in [3.8, 4) is 0 Å². The Labute approximate surface area is 225 Å². The first kappa shape index (κ1) is 27.4. The van der Waals surface area contributed by atoms with Gasteiger partial charge in [0.25, 0.3) is 0 Å². The van der Waals surface area contributed by atoms with Gasteiger partial charge in [-0.05, 0) is 99.2 Å². The third-order valence-corrected chi connectivity index (χ3v) is 7.96. The first-order valence-corrected chi connectivity index (χ1v) is 13.6. The number of carboxylic acid groups (broad SMARTS) is 1. The lowest BCUT2D eigenvalue weighted by Crippen LogP contribution is -2.44. The Kier molecular flexibility index (Phi) is 9.43. The van der Waals surface area contributed by atoms with E-state index < -0.39 is 12.0 Å². The van der Waals surface area contributed by atoms with E-state index in [4.69, 9.17) is 4.98 Å². The molecule has 0 radical (unpaired) electrons. The fourth-order valence-electron chi connectivity index (χ4n) is 5.99. The Hall–Kier alpha value is -2.64. The molecule has 2 atom stereocenters. The maximum Gasteiger partial charge on any atom is 0.305 e. The molecule has 0 bridgehead atoms. The van der Waals surface area contributed by atoms with Crippen molar-refractivity contribution in [3.05, 3.63) is 58.3 Å². The van der Waals surface area contributed by atoms with Crippen LogP contribution in [0.2, 0.25) is 0 Å². The number of carboxylic acids is 1. The van der Waals surface area contributed by atoms with Crippen LogP contribution in [0, 0.1) is 5.92 Å². The zero-order valence-electron chi connectivity index (χ0n) is 21.5. The summed E-state index contributed by atoms with van der Waals surface area (Å²) in [7, 11) is 0. The summed E-state index contributed by atoms with van der Waals surface area (Å²) >= 11 is 0. The number of hydrogen-bond donors (Lipinski definition) is 3. The third kappa shape index (κ3) is 7.02. The Balaban J connectivity index is 0.00000320. The number of pyridine rings is 1. The number of aliphatic carboxylic acids is 1. The summed E-state index contributed by atoms with van der Waals surface area (Å²) in [5.41, 5.74) is 6.00. The number of carbonyl (C=O) groups excluding carboxylic acids is 1. The van der Waals surface area contributed by atoms with Crippen molar-refractivity contribution < 1.29 is 14.7 Å². The molecule has 1 aromatic carbocycles. The van der Waals surface area contributed by atoms with Crippen LogP contribution in [-0.2, 0) is 35.3 Å². The van der Waals surface area contributed by atoms with Crippen LogP contribution in [0.25, 0.3) is 0 Å². The summed E-state index contributed by atoms with van der Waals surface area (Å²) in [5.74, 6) is 0.0363. The lowest BCUT2D eigenvalue weighted by molar-refractivity contribution is -0.138. The first-order chi connectivity index (χ1) is 17.5. The highest BCUT2D eigenvalue weighted by Crippen LogP contribution is 2.28. The molecule has 3 heterocycles. The van der Waals surface area contributed by atoms with Crippen LogP contribution in [0.3, 0.4) is 0 Å². The highest BCUT2D eigenvalue weighted by Gasteiger charge is 2.28. The van der Waals surface area contributed by atoms with Crippen LogP contribution in [0.5, 0.6) is 0 Å². The number of aromatic nitrogens is 1. The van der Waals surface area contributed by atoms with E-state index in [9.17, 15) is 14.7 Å². The smallest absolute Gasteiger partial charge is 0.305 e. The molecule has 1 amide bonds. The minimum Gasteiger partial charge on any atom is -0.481 e. The number of piperidine rings is 1. The standard InChI is InChI=1S/C29H38N4O3.ClH/c34-27(35)18-26(23-11-10-20-5-1-6-22(20)17-23)32-29(36)24-8-3-15-33(19-24)16-4-9-25-13-12-21-7-2-14-30-28(21)31-25;/h10-13,17,24,26H,1-9,14-16,18-19H2,(H,30,31)(H,32,36)(H,34,35);1H/t24-,26?;/m1./s1. The van der Waals surface area contributed by atoms with Crippen LogP contribution in [0.4, 0.5) is 5.82 Å². The number of fused-ring (bicyclic) bond motifs is 2. The van der Waals surface area contributed by atoms with E-state index >= 15 is 0 Å². The SMILES string of the molecule is Cl.O=C(O)CC(NC(=O)[C@@H]1CCCN(CCCc2ccc3c(n2)NCCC3)C1)c1ccc2c(c1)CCC2. The molecule has 1 aromatic heterocycles. The van der Waals surface area contributed by atoms with Gasteiger partial charge in [0.05, 0.1) is 18.4 Å². The predicted octanol–water partition coefficient (Wildman–Crippen LogP) is 4.33. The number of halogens is 1. The molecule has 0 spiro atoms. The topological polar surface area (TPSA) is 94.6 Å². The molecule has 8 heteroatoms. The number of nitrogens with zero attached hydrogens (tertiary/aromatic N) is 2. The van der Waals surface area contributed by atoms with Crippen molar-refractivity contribution in [2.45, 2.75) is 70.3 Å². The van der Waals surface area contributed by atoms with Crippen LogP contribution >= 0.6 is 12.4 Å². The molecule has 7 nitrogen and oxygen atoms in total. The largest absolute Gasteiger partial charge is 0.481 e. The van der Waals surface area contributed by atoms with Gasteiger partial charge in [-0.1, -0.05) is 24.3 Å². The number of hydrogen-bond acceptors (Lipinski definition) is 5. The highest BCUT2D eigenvalue weighted by atomic mass is 35.5. The lowest BCUT2D eigenvalue weighted by atomic mass is 9.94. The van der Waals surface area contributed by atoms with Gasteiger partial charge in [0, 0.05) is 18.8 Å². The van der Waals surface area contributed by atoms with Crippen molar-refractivity contribution in [3.63, 3.8) is 0 Å². The van der Waals surface area contributed by atoms with E-state index in [1.165, 1.54) is 23.1 Å². The highest BCUT2D eigenvalue weighted by molar-refractivity contribution is 5.85. The third-order valence-electron chi connectivity index (χ3n) is 7.96.